The molecular weight excluding hydrogens is 412 g/mol. The van der Waals surface area contributed by atoms with Gasteiger partial charge in [0.1, 0.15) is 24.5 Å². The SMILES string of the molecule is CC1(C)CCc2ncnc(N3CCOc4ccc(-c5ccc6nc(N)[nH]c6c5)cc4C3)c2C1. The van der Waals surface area contributed by atoms with Gasteiger partial charge >= 0.3 is 0 Å². The number of ether oxygens (including phenoxy) is 1. The van der Waals surface area contributed by atoms with Crippen molar-refractivity contribution in [2.24, 2.45) is 5.41 Å². The zero-order chi connectivity index (χ0) is 22.6. The van der Waals surface area contributed by atoms with Gasteiger partial charge in [-0.3, -0.25) is 0 Å². The minimum atomic E-state index is 0.272. The van der Waals surface area contributed by atoms with Gasteiger partial charge in [0.05, 0.1) is 17.6 Å². The summed E-state index contributed by atoms with van der Waals surface area (Å²) < 4.78 is 6.13. The molecule has 0 unspecified atom stereocenters. The second kappa shape index (κ2) is 7.47. The third-order valence-corrected chi connectivity index (χ3v) is 6.88. The molecule has 33 heavy (non-hydrogen) atoms. The Kier molecular flexibility index (Phi) is 4.54. The summed E-state index contributed by atoms with van der Waals surface area (Å²) in [6.07, 6.45) is 4.92. The van der Waals surface area contributed by atoms with Crippen LogP contribution < -0.4 is 15.4 Å². The highest BCUT2D eigenvalue weighted by molar-refractivity contribution is 5.83. The van der Waals surface area contributed by atoms with E-state index in [0.717, 1.165) is 71.6 Å². The van der Waals surface area contributed by atoms with Gasteiger partial charge in [-0.15, -0.1) is 0 Å². The number of hydrogen-bond acceptors (Lipinski definition) is 6. The molecule has 3 heterocycles. The van der Waals surface area contributed by atoms with Crippen LogP contribution in [0.5, 0.6) is 5.75 Å². The van der Waals surface area contributed by atoms with Crippen LogP contribution in [0.1, 0.15) is 37.1 Å². The van der Waals surface area contributed by atoms with Gasteiger partial charge in [-0.2, -0.15) is 0 Å². The number of rotatable bonds is 2. The molecule has 0 atom stereocenters. The van der Waals surface area contributed by atoms with Crippen LogP contribution in [-0.2, 0) is 19.4 Å². The molecule has 0 amide bonds. The van der Waals surface area contributed by atoms with Crippen molar-refractivity contribution in [1.82, 2.24) is 19.9 Å². The van der Waals surface area contributed by atoms with E-state index in [9.17, 15) is 0 Å². The molecule has 2 aromatic heterocycles. The quantitative estimate of drug-likeness (QED) is 0.476. The summed E-state index contributed by atoms with van der Waals surface area (Å²) in [5.41, 5.74) is 13.8. The first-order valence-corrected chi connectivity index (χ1v) is 11.5. The molecule has 0 saturated carbocycles. The number of aryl methyl sites for hydroxylation is 1. The van der Waals surface area contributed by atoms with Crippen molar-refractivity contribution in [3.05, 3.63) is 59.5 Å². The van der Waals surface area contributed by atoms with Crippen molar-refractivity contribution in [3.63, 3.8) is 0 Å². The lowest BCUT2D eigenvalue weighted by Gasteiger charge is -2.33. The molecule has 168 valence electrons. The van der Waals surface area contributed by atoms with Crippen LogP contribution in [0.2, 0.25) is 0 Å². The molecule has 7 heteroatoms. The lowest BCUT2D eigenvalue weighted by Crippen LogP contribution is -2.31. The number of imidazole rings is 1. The average molecular weight is 441 g/mol. The van der Waals surface area contributed by atoms with E-state index in [1.54, 1.807) is 6.33 Å². The molecule has 0 bridgehead atoms. The minimum Gasteiger partial charge on any atom is -0.491 e. The van der Waals surface area contributed by atoms with Gasteiger partial charge in [0.2, 0.25) is 0 Å². The average Bonchev–Trinajstić information content (AvgIpc) is 3.04. The summed E-state index contributed by atoms with van der Waals surface area (Å²) in [6.45, 7) is 6.86. The summed E-state index contributed by atoms with van der Waals surface area (Å²) in [4.78, 5) is 19.1. The van der Waals surface area contributed by atoms with E-state index >= 15 is 0 Å². The first kappa shape index (κ1) is 20.0. The van der Waals surface area contributed by atoms with E-state index in [2.05, 4.69) is 64.0 Å². The number of nitrogens with two attached hydrogens (primary N) is 1. The Labute approximate surface area is 193 Å². The van der Waals surface area contributed by atoms with E-state index in [1.165, 1.54) is 11.3 Å². The lowest BCUT2D eigenvalue weighted by atomic mass is 9.76. The smallest absolute Gasteiger partial charge is 0.198 e. The number of H-pyrrole nitrogens is 1. The molecule has 0 radical (unpaired) electrons. The van der Waals surface area contributed by atoms with Crippen LogP contribution >= 0.6 is 0 Å². The monoisotopic (exact) mass is 440 g/mol. The van der Waals surface area contributed by atoms with Crippen LogP contribution in [-0.4, -0.2) is 33.1 Å². The Hall–Kier alpha value is -3.61. The molecule has 4 aromatic rings. The highest BCUT2D eigenvalue weighted by Crippen LogP contribution is 2.39. The standard InChI is InChI=1S/C26H28N6O/c1-26(2)8-7-20-19(13-26)24(29-15-28-20)32-9-10-33-23-6-4-16(11-18(23)14-32)17-3-5-21-22(12-17)31-25(27)30-21/h3-6,11-12,15H,7-10,13-14H2,1-2H3,(H3,27,30,31). The van der Waals surface area contributed by atoms with Gasteiger partial charge < -0.3 is 20.4 Å². The summed E-state index contributed by atoms with van der Waals surface area (Å²) in [5, 5.41) is 0. The fraction of sp³-hybridized carbons (Fsp3) is 0.346. The number of aromatic amines is 1. The van der Waals surface area contributed by atoms with E-state index < -0.39 is 0 Å². The number of benzene rings is 2. The zero-order valence-corrected chi connectivity index (χ0v) is 19.1. The van der Waals surface area contributed by atoms with Gasteiger partial charge in [0.15, 0.2) is 5.95 Å². The molecular formula is C26H28N6O. The van der Waals surface area contributed by atoms with Crippen LogP contribution in [0.15, 0.2) is 42.7 Å². The predicted octanol–water partition coefficient (Wildman–Crippen LogP) is 4.52. The Morgan fingerprint density at radius 3 is 2.85 bits per heavy atom. The predicted molar refractivity (Wildman–Crippen MR) is 130 cm³/mol. The third kappa shape index (κ3) is 3.67. The second-order valence-electron chi connectivity index (χ2n) is 9.91. The minimum absolute atomic E-state index is 0.272. The van der Waals surface area contributed by atoms with E-state index in [1.807, 2.05) is 6.07 Å². The van der Waals surface area contributed by atoms with Crippen molar-refractivity contribution in [1.29, 1.82) is 0 Å². The fourth-order valence-corrected chi connectivity index (χ4v) is 5.09. The number of hydrogen-bond donors (Lipinski definition) is 2. The summed E-state index contributed by atoms with van der Waals surface area (Å²) in [7, 11) is 0. The summed E-state index contributed by atoms with van der Waals surface area (Å²) in [6, 6.07) is 12.6. The molecule has 0 fully saturated rings. The highest BCUT2D eigenvalue weighted by Gasteiger charge is 2.30. The number of nitrogens with one attached hydrogen (secondary N) is 1. The van der Waals surface area contributed by atoms with Crippen molar-refractivity contribution in [3.8, 4) is 16.9 Å². The fourth-order valence-electron chi connectivity index (χ4n) is 5.09. The number of aromatic nitrogens is 4. The lowest BCUT2D eigenvalue weighted by molar-refractivity contribution is 0.310. The van der Waals surface area contributed by atoms with Gasteiger partial charge in [0.25, 0.3) is 0 Å². The number of nitrogens with zero attached hydrogens (tertiary/aromatic N) is 4. The van der Waals surface area contributed by atoms with Crippen LogP contribution in [0.4, 0.5) is 11.8 Å². The summed E-state index contributed by atoms with van der Waals surface area (Å²) >= 11 is 0. The first-order valence-electron chi connectivity index (χ1n) is 11.5. The number of anilines is 2. The van der Waals surface area contributed by atoms with Gasteiger partial charge in [-0.05, 0) is 60.1 Å². The molecule has 1 aliphatic heterocycles. The molecule has 0 saturated heterocycles. The molecule has 7 nitrogen and oxygen atoms in total. The van der Waals surface area contributed by atoms with Gasteiger partial charge in [0, 0.05) is 23.4 Å². The van der Waals surface area contributed by atoms with Crippen LogP contribution in [0.3, 0.4) is 0 Å². The Morgan fingerprint density at radius 2 is 1.94 bits per heavy atom. The maximum absolute atomic E-state index is 6.13. The van der Waals surface area contributed by atoms with Crippen molar-refractivity contribution in [2.45, 2.75) is 39.7 Å². The highest BCUT2D eigenvalue weighted by atomic mass is 16.5. The molecule has 1 aliphatic carbocycles. The largest absolute Gasteiger partial charge is 0.491 e. The maximum atomic E-state index is 6.13. The first-order chi connectivity index (χ1) is 15.9. The van der Waals surface area contributed by atoms with Crippen molar-refractivity contribution < 1.29 is 4.74 Å². The zero-order valence-electron chi connectivity index (χ0n) is 19.1. The topological polar surface area (TPSA) is 92.9 Å². The van der Waals surface area contributed by atoms with E-state index in [-0.39, 0.29) is 5.41 Å². The maximum Gasteiger partial charge on any atom is 0.198 e. The Balaban J connectivity index is 1.36. The number of nitrogen functional groups attached to an aromatic ring is 1. The second-order valence-corrected chi connectivity index (χ2v) is 9.91. The number of fused-ring (bicyclic) bond motifs is 3. The third-order valence-electron chi connectivity index (χ3n) is 6.88. The van der Waals surface area contributed by atoms with Crippen LogP contribution in [0.25, 0.3) is 22.2 Å². The van der Waals surface area contributed by atoms with Crippen molar-refractivity contribution >= 4 is 22.8 Å². The molecule has 3 N–H and O–H groups in total. The van der Waals surface area contributed by atoms with E-state index in [4.69, 9.17) is 15.5 Å². The molecule has 2 aromatic carbocycles. The van der Waals surface area contributed by atoms with Crippen molar-refractivity contribution in [2.75, 3.05) is 23.8 Å². The van der Waals surface area contributed by atoms with Gasteiger partial charge in [-0.25, -0.2) is 15.0 Å². The van der Waals surface area contributed by atoms with Crippen LogP contribution in [0, 0.1) is 5.41 Å². The molecule has 0 spiro atoms. The van der Waals surface area contributed by atoms with E-state index in [0.29, 0.717) is 12.6 Å². The van der Waals surface area contributed by atoms with Gasteiger partial charge in [-0.1, -0.05) is 26.0 Å². The molecule has 2 aliphatic rings. The summed E-state index contributed by atoms with van der Waals surface area (Å²) in [5.74, 6) is 2.44. The molecule has 6 rings (SSSR count). The normalized spacial score (nSPS) is 17.2. The Morgan fingerprint density at radius 1 is 1.09 bits per heavy atom. The Bertz CT molecular complexity index is 1360.